The first-order valence-corrected chi connectivity index (χ1v) is 6.15. The molecule has 0 spiro atoms. The van der Waals surface area contributed by atoms with Crippen LogP contribution in [0.5, 0.6) is 0 Å². The quantitative estimate of drug-likeness (QED) is 0.656. The summed E-state index contributed by atoms with van der Waals surface area (Å²) >= 11 is 0. The highest BCUT2D eigenvalue weighted by Crippen LogP contribution is 2.07. The van der Waals surface area contributed by atoms with Crippen LogP contribution in [0.25, 0.3) is 6.08 Å². The molecule has 0 atom stereocenters. The molecule has 7 nitrogen and oxygen atoms in total. The first kappa shape index (κ1) is 14.4. The number of nitrogens with one attached hydrogen (secondary N) is 2. The minimum atomic E-state index is -0.400. The Kier molecular flexibility index (Phi) is 4.45. The van der Waals surface area contributed by atoms with Gasteiger partial charge in [-0.2, -0.15) is 4.98 Å². The van der Waals surface area contributed by atoms with E-state index < -0.39 is 5.97 Å². The zero-order valence-electron chi connectivity index (χ0n) is 11.6. The van der Waals surface area contributed by atoms with Gasteiger partial charge in [0.25, 0.3) is 5.91 Å². The monoisotopic (exact) mass is 286 g/mol. The number of hydrogen-bond acceptors (Lipinski definition) is 5. The molecule has 21 heavy (non-hydrogen) atoms. The van der Waals surface area contributed by atoms with Crippen LogP contribution in [0, 0.1) is 6.92 Å². The Labute approximate surface area is 121 Å². The lowest BCUT2D eigenvalue weighted by atomic mass is 10.1. The van der Waals surface area contributed by atoms with Crippen molar-refractivity contribution in [2.24, 2.45) is 0 Å². The second kappa shape index (κ2) is 6.47. The van der Waals surface area contributed by atoms with Crippen LogP contribution in [-0.4, -0.2) is 34.2 Å². The number of amides is 1. The molecule has 0 saturated carbocycles. The van der Waals surface area contributed by atoms with Crippen molar-refractivity contribution >= 4 is 23.9 Å². The van der Waals surface area contributed by atoms with Gasteiger partial charge in [-0.3, -0.25) is 15.2 Å². The number of nitrogens with zero attached hydrogens (tertiary/aromatic N) is 2. The third-order valence-electron chi connectivity index (χ3n) is 2.59. The Hall–Kier alpha value is -2.96. The van der Waals surface area contributed by atoms with Crippen molar-refractivity contribution in [3.05, 3.63) is 47.3 Å². The molecule has 0 saturated heterocycles. The van der Waals surface area contributed by atoms with E-state index in [-0.39, 0.29) is 11.9 Å². The molecular formula is C14H14N4O3. The number of esters is 1. The fourth-order valence-corrected chi connectivity index (χ4v) is 1.57. The predicted octanol–water partition coefficient (Wildman–Crippen LogP) is 1.55. The van der Waals surface area contributed by atoms with Gasteiger partial charge in [0.15, 0.2) is 0 Å². The zero-order valence-corrected chi connectivity index (χ0v) is 11.6. The third kappa shape index (κ3) is 4.00. The van der Waals surface area contributed by atoms with Crippen LogP contribution in [0.2, 0.25) is 0 Å². The molecule has 2 aromatic rings. The first-order valence-electron chi connectivity index (χ1n) is 6.15. The van der Waals surface area contributed by atoms with E-state index in [1.165, 1.54) is 13.2 Å². The lowest BCUT2D eigenvalue weighted by Crippen LogP contribution is -2.09. The molecule has 7 heteroatoms. The zero-order chi connectivity index (χ0) is 15.2. The summed E-state index contributed by atoms with van der Waals surface area (Å²) in [4.78, 5) is 26.9. The lowest BCUT2D eigenvalue weighted by molar-refractivity contribution is -0.111. The summed E-state index contributed by atoms with van der Waals surface area (Å²) in [5.74, 6) is 0.102. The second-order valence-corrected chi connectivity index (χ2v) is 4.18. The fourth-order valence-electron chi connectivity index (χ4n) is 1.57. The van der Waals surface area contributed by atoms with E-state index in [1.54, 1.807) is 37.3 Å². The Morgan fingerprint density at radius 2 is 2.00 bits per heavy atom. The molecular weight excluding hydrogens is 272 g/mol. The third-order valence-corrected chi connectivity index (χ3v) is 2.59. The van der Waals surface area contributed by atoms with Crippen LogP contribution in [0.15, 0.2) is 30.3 Å². The van der Waals surface area contributed by atoms with E-state index in [1.807, 2.05) is 0 Å². The second-order valence-electron chi connectivity index (χ2n) is 4.18. The van der Waals surface area contributed by atoms with Crippen LogP contribution in [0.3, 0.4) is 0 Å². The van der Waals surface area contributed by atoms with Crippen LogP contribution in [-0.2, 0) is 9.53 Å². The molecule has 108 valence electrons. The molecule has 1 amide bonds. The van der Waals surface area contributed by atoms with Crippen molar-refractivity contribution in [1.82, 2.24) is 15.2 Å². The summed E-state index contributed by atoms with van der Waals surface area (Å²) in [6.45, 7) is 1.74. The number of benzene rings is 1. The summed E-state index contributed by atoms with van der Waals surface area (Å²) in [6, 6.07) is 6.68. The number of hydrogen-bond donors (Lipinski definition) is 2. The molecule has 1 heterocycles. The van der Waals surface area contributed by atoms with E-state index in [4.69, 9.17) is 0 Å². The molecule has 2 rings (SSSR count). The highest BCUT2D eigenvalue weighted by atomic mass is 16.5. The van der Waals surface area contributed by atoms with Gasteiger partial charge >= 0.3 is 5.97 Å². The Bertz CT molecular complexity index is 674. The lowest BCUT2D eigenvalue weighted by Gasteiger charge is -1.99. The van der Waals surface area contributed by atoms with Crippen LogP contribution in [0.1, 0.15) is 21.7 Å². The molecule has 0 radical (unpaired) electrons. The number of rotatable bonds is 4. The number of aryl methyl sites for hydroxylation is 1. The van der Waals surface area contributed by atoms with Gasteiger partial charge in [0.05, 0.1) is 12.7 Å². The van der Waals surface area contributed by atoms with Gasteiger partial charge in [0.1, 0.15) is 5.82 Å². The number of methoxy groups -OCH3 is 1. The maximum absolute atomic E-state index is 11.7. The number of carbonyl (C=O) groups excluding carboxylic acids is 2. The molecule has 0 aliphatic heterocycles. The number of aromatic nitrogens is 3. The van der Waals surface area contributed by atoms with Crippen molar-refractivity contribution in [3.63, 3.8) is 0 Å². The molecule has 1 aromatic heterocycles. The normalized spacial score (nSPS) is 10.6. The van der Waals surface area contributed by atoms with E-state index >= 15 is 0 Å². The highest BCUT2D eigenvalue weighted by Gasteiger charge is 2.04. The van der Waals surface area contributed by atoms with Gasteiger partial charge in [0.2, 0.25) is 5.95 Å². The summed E-state index contributed by atoms with van der Waals surface area (Å²) in [7, 11) is 1.32. The van der Waals surface area contributed by atoms with Crippen LogP contribution >= 0.6 is 0 Å². The average molecular weight is 286 g/mol. The molecule has 0 unspecified atom stereocenters. The van der Waals surface area contributed by atoms with Gasteiger partial charge in [-0.05, 0) is 30.7 Å². The molecule has 0 fully saturated rings. The van der Waals surface area contributed by atoms with E-state index in [0.717, 1.165) is 5.56 Å². The van der Waals surface area contributed by atoms with Crippen molar-refractivity contribution in [2.75, 3.05) is 12.4 Å². The van der Waals surface area contributed by atoms with Crippen molar-refractivity contribution < 1.29 is 14.3 Å². The topological polar surface area (TPSA) is 97.0 Å². The number of H-pyrrole nitrogens is 1. The van der Waals surface area contributed by atoms with E-state index in [9.17, 15) is 9.59 Å². The van der Waals surface area contributed by atoms with Crippen LogP contribution in [0.4, 0.5) is 5.95 Å². The van der Waals surface area contributed by atoms with Crippen molar-refractivity contribution in [2.45, 2.75) is 6.92 Å². The molecule has 2 N–H and O–H groups in total. The Balaban J connectivity index is 1.97. The largest absolute Gasteiger partial charge is 0.465 e. The van der Waals surface area contributed by atoms with Gasteiger partial charge in [-0.25, -0.2) is 4.79 Å². The predicted molar refractivity (Wildman–Crippen MR) is 76.6 cm³/mol. The SMILES string of the molecule is COC(=O)c1ccc(/C=C/C(=O)Nc2n[nH]c(C)n2)cc1. The highest BCUT2D eigenvalue weighted by molar-refractivity contribution is 6.01. The molecule has 0 aliphatic carbocycles. The van der Waals surface area contributed by atoms with Gasteiger partial charge in [-0.15, -0.1) is 5.10 Å². The fraction of sp³-hybridized carbons (Fsp3) is 0.143. The van der Waals surface area contributed by atoms with Gasteiger partial charge < -0.3 is 4.74 Å². The summed E-state index contributed by atoms with van der Waals surface area (Å²) < 4.78 is 4.60. The van der Waals surface area contributed by atoms with Crippen molar-refractivity contribution in [1.29, 1.82) is 0 Å². The molecule has 1 aromatic carbocycles. The summed E-state index contributed by atoms with van der Waals surface area (Å²) in [5, 5.41) is 8.94. The average Bonchev–Trinajstić information content (AvgIpc) is 2.90. The maximum Gasteiger partial charge on any atom is 0.337 e. The minimum absolute atomic E-state index is 0.225. The number of ether oxygens (including phenoxy) is 1. The molecule has 0 aliphatic rings. The smallest absolute Gasteiger partial charge is 0.337 e. The Morgan fingerprint density at radius 1 is 1.29 bits per heavy atom. The first-order chi connectivity index (χ1) is 10.1. The summed E-state index contributed by atoms with van der Waals surface area (Å²) in [6.07, 6.45) is 2.98. The minimum Gasteiger partial charge on any atom is -0.465 e. The van der Waals surface area contributed by atoms with Gasteiger partial charge in [0, 0.05) is 6.08 Å². The van der Waals surface area contributed by atoms with Gasteiger partial charge in [-0.1, -0.05) is 12.1 Å². The molecule has 0 bridgehead atoms. The number of aromatic amines is 1. The summed E-state index contributed by atoms with van der Waals surface area (Å²) in [5.41, 5.74) is 1.24. The van der Waals surface area contributed by atoms with Crippen LogP contribution < -0.4 is 5.32 Å². The maximum atomic E-state index is 11.7. The number of carbonyl (C=O) groups is 2. The van der Waals surface area contributed by atoms with Crippen molar-refractivity contribution in [3.8, 4) is 0 Å². The Morgan fingerprint density at radius 3 is 2.57 bits per heavy atom. The van der Waals surface area contributed by atoms with E-state index in [2.05, 4.69) is 25.2 Å². The standard InChI is InChI=1S/C14H14N4O3/c1-9-15-14(18-17-9)16-12(19)8-5-10-3-6-11(7-4-10)13(20)21-2/h3-8H,1-2H3,(H2,15,16,17,18,19)/b8-5+. The number of anilines is 1. The van der Waals surface area contributed by atoms with E-state index in [0.29, 0.717) is 11.4 Å².